The third kappa shape index (κ3) is 4.07. The first-order valence-corrected chi connectivity index (χ1v) is 6.09. The Morgan fingerprint density at radius 3 is 2.80 bits per heavy atom. The van der Waals surface area contributed by atoms with Crippen LogP contribution in [0, 0.1) is 12.3 Å². The molecule has 2 rings (SSSR count). The number of nitrogens with one attached hydrogen (secondary N) is 1. The van der Waals surface area contributed by atoms with E-state index in [2.05, 4.69) is 21.4 Å². The van der Waals surface area contributed by atoms with Crippen LogP contribution in [0.5, 0.6) is 0 Å². The van der Waals surface area contributed by atoms with Crippen LogP contribution in [0.2, 0.25) is 0 Å². The van der Waals surface area contributed by atoms with Crippen LogP contribution in [0.1, 0.15) is 24.7 Å². The van der Waals surface area contributed by atoms with Crippen molar-refractivity contribution in [2.24, 2.45) is 0 Å². The first-order chi connectivity index (χ1) is 9.58. The molecule has 106 valence electrons. The molecule has 1 amide bonds. The minimum Gasteiger partial charge on any atom is -0.480 e. The van der Waals surface area contributed by atoms with Crippen LogP contribution in [-0.4, -0.2) is 51.7 Å². The van der Waals surface area contributed by atoms with Crippen LogP contribution in [0.4, 0.5) is 6.01 Å². The number of amides is 1. The topological polar surface area (TPSA) is 109 Å². The third-order valence-corrected chi connectivity index (χ3v) is 2.65. The van der Waals surface area contributed by atoms with Crippen molar-refractivity contribution in [3.8, 4) is 12.3 Å². The zero-order valence-corrected chi connectivity index (χ0v) is 10.7. The molecule has 20 heavy (non-hydrogen) atoms. The molecule has 8 heteroatoms. The van der Waals surface area contributed by atoms with Crippen LogP contribution in [-0.2, 0) is 9.59 Å². The van der Waals surface area contributed by atoms with Gasteiger partial charge in [0.1, 0.15) is 0 Å². The van der Waals surface area contributed by atoms with Crippen molar-refractivity contribution in [3.63, 3.8) is 0 Å². The van der Waals surface area contributed by atoms with Crippen LogP contribution >= 0.6 is 0 Å². The molecule has 0 radical (unpaired) electrons. The smallest absolute Gasteiger partial charge is 0.322 e. The van der Waals surface area contributed by atoms with E-state index in [1.807, 2.05) is 0 Å². The minimum atomic E-state index is -1.05. The molecule has 0 atom stereocenters. The quantitative estimate of drug-likeness (QED) is 0.670. The fraction of sp³-hybridized carbons (Fsp3) is 0.500. The van der Waals surface area contributed by atoms with Crippen molar-refractivity contribution < 1.29 is 19.1 Å². The molecule has 0 saturated heterocycles. The van der Waals surface area contributed by atoms with Gasteiger partial charge in [-0.1, -0.05) is 11.0 Å². The number of carbonyl (C=O) groups is 2. The van der Waals surface area contributed by atoms with Crippen molar-refractivity contribution in [2.45, 2.75) is 18.8 Å². The molecule has 0 aliphatic heterocycles. The first-order valence-electron chi connectivity index (χ1n) is 6.09. The molecule has 0 aromatic carbocycles. The predicted octanol–water partition coefficient (Wildman–Crippen LogP) is -0.0947. The number of terminal acetylenes is 1. The highest BCUT2D eigenvalue weighted by molar-refractivity contribution is 5.90. The van der Waals surface area contributed by atoms with Gasteiger partial charge >= 0.3 is 12.0 Å². The molecule has 0 bridgehead atoms. The number of carboxylic acids is 1. The third-order valence-electron chi connectivity index (χ3n) is 2.65. The highest BCUT2D eigenvalue weighted by Gasteiger charge is 2.29. The number of aliphatic carboxylic acids is 1. The van der Waals surface area contributed by atoms with E-state index in [0.29, 0.717) is 11.8 Å². The molecule has 1 saturated carbocycles. The van der Waals surface area contributed by atoms with E-state index in [4.69, 9.17) is 15.9 Å². The number of rotatable bonds is 7. The highest BCUT2D eigenvalue weighted by Crippen LogP contribution is 2.39. The highest BCUT2D eigenvalue weighted by atomic mass is 16.4. The van der Waals surface area contributed by atoms with Crippen LogP contribution < -0.4 is 5.32 Å². The Balaban J connectivity index is 1.86. The Labute approximate surface area is 115 Å². The minimum absolute atomic E-state index is 0.0212. The first kappa shape index (κ1) is 14.0. The molecular weight excluding hydrogens is 264 g/mol. The number of anilines is 1. The molecule has 1 aromatic rings. The zero-order chi connectivity index (χ0) is 14.5. The Morgan fingerprint density at radius 1 is 1.45 bits per heavy atom. The van der Waals surface area contributed by atoms with Crippen molar-refractivity contribution in [1.82, 2.24) is 15.1 Å². The second kappa shape index (κ2) is 6.16. The fourth-order valence-corrected chi connectivity index (χ4v) is 1.63. The summed E-state index contributed by atoms with van der Waals surface area (Å²) in [5, 5.41) is 18.7. The van der Waals surface area contributed by atoms with Gasteiger partial charge < -0.3 is 9.52 Å². The van der Waals surface area contributed by atoms with Gasteiger partial charge in [-0.2, -0.15) is 0 Å². The molecule has 1 aliphatic rings. The number of nitrogens with zero attached hydrogens (tertiary/aromatic N) is 3. The molecule has 2 N–H and O–H groups in total. The van der Waals surface area contributed by atoms with Crippen LogP contribution in [0.15, 0.2) is 4.42 Å². The van der Waals surface area contributed by atoms with Crippen molar-refractivity contribution in [1.29, 1.82) is 0 Å². The average Bonchev–Trinajstić information content (AvgIpc) is 3.10. The zero-order valence-electron chi connectivity index (χ0n) is 10.7. The molecule has 1 fully saturated rings. The van der Waals surface area contributed by atoms with Gasteiger partial charge in [-0.15, -0.1) is 11.5 Å². The summed E-state index contributed by atoms with van der Waals surface area (Å²) in [6, 6.07) is 0.0212. The lowest BCUT2D eigenvalue weighted by Crippen LogP contribution is -2.37. The summed E-state index contributed by atoms with van der Waals surface area (Å²) >= 11 is 0. The maximum atomic E-state index is 11.7. The lowest BCUT2D eigenvalue weighted by atomic mass is 10.4. The Bertz CT molecular complexity index is 544. The number of carboxylic acid groups (broad SMARTS) is 1. The maximum absolute atomic E-state index is 11.7. The van der Waals surface area contributed by atoms with Crippen molar-refractivity contribution >= 4 is 17.9 Å². The van der Waals surface area contributed by atoms with E-state index in [0.717, 1.165) is 12.8 Å². The molecule has 1 aliphatic carbocycles. The summed E-state index contributed by atoms with van der Waals surface area (Å²) < 4.78 is 5.27. The largest absolute Gasteiger partial charge is 0.480 e. The summed E-state index contributed by atoms with van der Waals surface area (Å²) in [6.07, 6.45) is 7.16. The van der Waals surface area contributed by atoms with E-state index in [1.54, 1.807) is 0 Å². The van der Waals surface area contributed by atoms with Crippen molar-refractivity contribution in [3.05, 3.63) is 5.89 Å². The van der Waals surface area contributed by atoms with Gasteiger partial charge in [-0.3, -0.25) is 19.8 Å². The normalized spacial score (nSPS) is 14.0. The summed E-state index contributed by atoms with van der Waals surface area (Å²) in [5.74, 6) is 1.62. The van der Waals surface area contributed by atoms with E-state index in [-0.39, 0.29) is 25.6 Å². The van der Waals surface area contributed by atoms with Gasteiger partial charge in [0.05, 0.1) is 19.6 Å². The Morgan fingerprint density at radius 2 is 2.20 bits per heavy atom. The molecular formula is C12H14N4O4. The molecule has 1 aromatic heterocycles. The molecule has 8 nitrogen and oxygen atoms in total. The fourth-order valence-electron chi connectivity index (χ4n) is 1.63. The SMILES string of the molecule is C#CCN(CC(=O)O)CC(=O)Nc1nnc(C2CC2)o1. The lowest BCUT2D eigenvalue weighted by Gasteiger charge is -2.15. The standard InChI is InChI=1S/C12H14N4O4/c1-2-5-16(7-10(18)19)6-9(17)13-12-15-14-11(20-12)8-3-4-8/h1,8H,3-7H2,(H,18,19)(H,13,15,17). The monoisotopic (exact) mass is 278 g/mol. The second-order valence-corrected chi connectivity index (χ2v) is 4.51. The molecule has 1 heterocycles. The summed E-state index contributed by atoms with van der Waals surface area (Å²) in [6.45, 7) is -0.400. The van der Waals surface area contributed by atoms with Crippen LogP contribution in [0.25, 0.3) is 0 Å². The maximum Gasteiger partial charge on any atom is 0.322 e. The van der Waals surface area contributed by atoms with Gasteiger partial charge in [0.25, 0.3) is 0 Å². The lowest BCUT2D eigenvalue weighted by molar-refractivity contribution is -0.138. The molecule has 0 unspecified atom stereocenters. The summed E-state index contributed by atoms with van der Waals surface area (Å²) in [7, 11) is 0. The van der Waals surface area contributed by atoms with E-state index < -0.39 is 11.9 Å². The summed E-state index contributed by atoms with van der Waals surface area (Å²) in [5.41, 5.74) is 0. The summed E-state index contributed by atoms with van der Waals surface area (Å²) in [4.78, 5) is 23.7. The molecule has 0 spiro atoms. The average molecular weight is 278 g/mol. The van der Waals surface area contributed by atoms with Crippen molar-refractivity contribution in [2.75, 3.05) is 25.0 Å². The van der Waals surface area contributed by atoms with Gasteiger partial charge in [0.15, 0.2) is 0 Å². The number of hydrogen-bond acceptors (Lipinski definition) is 6. The number of aromatic nitrogens is 2. The van der Waals surface area contributed by atoms with E-state index in [1.165, 1.54) is 4.90 Å². The van der Waals surface area contributed by atoms with E-state index >= 15 is 0 Å². The number of carbonyl (C=O) groups excluding carboxylic acids is 1. The Kier molecular flexibility index (Phi) is 4.32. The van der Waals surface area contributed by atoms with Crippen LogP contribution in [0.3, 0.4) is 0 Å². The predicted molar refractivity (Wildman–Crippen MR) is 67.8 cm³/mol. The Hall–Kier alpha value is -2.40. The van der Waals surface area contributed by atoms with Gasteiger partial charge in [-0.25, -0.2) is 0 Å². The second-order valence-electron chi connectivity index (χ2n) is 4.51. The van der Waals surface area contributed by atoms with Gasteiger partial charge in [0.2, 0.25) is 11.8 Å². The van der Waals surface area contributed by atoms with E-state index in [9.17, 15) is 9.59 Å². The number of hydrogen-bond donors (Lipinski definition) is 2. The van der Waals surface area contributed by atoms with Gasteiger partial charge in [0, 0.05) is 5.92 Å². The van der Waals surface area contributed by atoms with Gasteiger partial charge in [-0.05, 0) is 12.8 Å².